The Labute approximate surface area is 103 Å². The minimum atomic E-state index is 0.366. The highest BCUT2D eigenvalue weighted by Gasteiger charge is 2.09. The lowest BCUT2D eigenvalue weighted by Gasteiger charge is -2.01. The molecule has 0 saturated carbocycles. The third kappa shape index (κ3) is 1.82. The molecule has 6 heteroatoms. The summed E-state index contributed by atoms with van der Waals surface area (Å²) in [5.41, 5.74) is 1.69. The lowest BCUT2D eigenvalue weighted by Crippen LogP contribution is -1.97. The van der Waals surface area contributed by atoms with Gasteiger partial charge < -0.3 is 4.74 Å². The molecular formula is C12H11N5O. The number of ether oxygens (including phenoxy) is 1. The normalized spacial score (nSPS) is 10.9. The molecule has 0 spiro atoms. The molecule has 6 nitrogen and oxygen atoms in total. The van der Waals surface area contributed by atoms with Crippen LogP contribution in [-0.2, 0) is 11.3 Å². The fraction of sp³-hybridized carbons (Fsp3) is 0.167. The molecule has 0 saturated heterocycles. The highest BCUT2D eigenvalue weighted by molar-refractivity contribution is 5.56. The fourth-order valence-electron chi connectivity index (χ4n) is 1.73. The van der Waals surface area contributed by atoms with Crippen molar-refractivity contribution in [3.63, 3.8) is 0 Å². The summed E-state index contributed by atoms with van der Waals surface area (Å²) in [6.45, 7) is 0.366. The van der Waals surface area contributed by atoms with Crippen LogP contribution in [0.15, 0.2) is 36.7 Å². The van der Waals surface area contributed by atoms with Crippen LogP contribution in [-0.4, -0.2) is 31.7 Å². The first kappa shape index (κ1) is 10.8. The quantitative estimate of drug-likeness (QED) is 0.692. The van der Waals surface area contributed by atoms with Crippen molar-refractivity contribution in [2.45, 2.75) is 6.61 Å². The molecule has 3 aromatic heterocycles. The zero-order valence-electron chi connectivity index (χ0n) is 9.82. The van der Waals surface area contributed by atoms with Crippen molar-refractivity contribution >= 4 is 5.78 Å². The van der Waals surface area contributed by atoms with Crippen molar-refractivity contribution in [1.82, 2.24) is 24.6 Å². The smallest absolute Gasteiger partial charge is 0.253 e. The van der Waals surface area contributed by atoms with Crippen molar-refractivity contribution in [3.05, 3.63) is 42.5 Å². The first-order valence-corrected chi connectivity index (χ1v) is 5.49. The summed E-state index contributed by atoms with van der Waals surface area (Å²) in [5, 5.41) is 4.36. The largest absolute Gasteiger partial charge is 0.377 e. The van der Waals surface area contributed by atoms with E-state index in [0.717, 1.165) is 11.4 Å². The maximum absolute atomic E-state index is 5.02. The molecule has 0 unspecified atom stereocenters. The van der Waals surface area contributed by atoms with Gasteiger partial charge in [0.1, 0.15) is 6.61 Å². The molecule has 0 aliphatic rings. The average molecular weight is 241 g/mol. The highest BCUT2D eigenvalue weighted by Crippen LogP contribution is 2.15. The Morgan fingerprint density at radius 1 is 1.17 bits per heavy atom. The van der Waals surface area contributed by atoms with E-state index in [0.29, 0.717) is 18.2 Å². The van der Waals surface area contributed by atoms with Crippen LogP contribution < -0.4 is 0 Å². The molecule has 0 bridgehead atoms. The number of hydrogen-bond donors (Lipinski definition) is 0. The van der Waals surface area contributed by atoms with E-state index in [-0.39, 0.29) is 0 Å². The van der Waals surface area contributed by atoms with Gasteiger partial charge in [0.15, 0.2) is 5.82 Å². The van der Waals surface area contributed by atoms with Crippen LogP contribution in [0.5, 0.6) is 0 Å². The summed E-state index contributed by atoms with van der Waals surface area (Å²) >= 11 is 0. The molecule has 18 heavy (non-hydrogen) atoms. The SMILES string of the molecule is COCc1nc2nccc(-c3ccccn3)n2n1. The lowest BCUT2D eigenvalue weighted by atomic mass is 10.2. The van der Waals surface area contributed by atoms with Gasteiger partial charge in [0, 0.05) is 19.5 Å². The van der Waals surface area contributed by atoms with E-state index in [1.165, 1.54) is 0 Å². The van der Waals surface area contributed by atoms with E-state index in [9.17, 15) is 0 Å². The second-order valence-corrected chi connectivity index (χ2v) is 3.72. The van der Waals surface area contributed by atoms with Crippen LogP contribution in [0.3, 0.4) is 0 Å². The van der Waals surface area contributed by atoms with E-state index in [1.54, 1.807) is 24.0 Å². The number of nitrogens with zero attached hydrogens (tertiary/aromatic N) is 5. The summed E-state index contributed by atoms with van der Waals surface area (Å²) in [7, 11) is 1.61. The second kappa shape index (κ2) is 4.50. The number of rotatable bonds is 3. The zero-order valence-corrected chi connectivity index (χ0v) is 9.82. The third-order valence-electron chi connectivity index (χ3n) is 2.49. The summed E-state index contributed by atoms with van der Waals surface area (Å²) in [5.74, 6) is 1.15. The van der Waals surface area contributed by atoms with E-state index >= 15 is 0 Å². The molecule has 0 atom stereocenters. The topological polar surface area (TPSA) is 65.2 Å². The first-order chi connectivity index (χ1) is 8.88. The van der Waals surface area contributed by atoms with Gasteiger partial charge >= 0.3 is 0 Å². The molecule has 0 aliphatic carbocycles. The van der Waals surface area contributed by atoms with Crippen molar-refractivity contribution in [3.8, 4) is 11.4 Å². The Morgan fingerprint density at radius 2 is 2.11 bits per heavy atom. The van der Waals surface area contributed by atoms with Gasteiger partial charge in [0.05, 0.1) is 11.4 Å². The van der Waals surface area contributed by atoms with Gasteiger partial charge in [-0.1, -0.05) is 6.07 Å². The molecule has 0 aromatic carbocycles. The monoisotopic (exact) mass is 241 g/mol. The summed E-state index contributed by atoms with van der Waals surface area (Å²) < 4.78 is 6.70. The number of aromatic nitrogens is 5. The highest BCUT2D eigenvalue weighted by atomic mass is 16.5. The molecule has 0 radical (unpaired) electrons. The second-order valence-electron chi connectivity index (χ2n) is 3.72. The number of pyridine rings is 1. The Balaban J connectivity index is 2.17. The van der Waals surface area contributed by atoms with E-state index in [4.69, 9.17) is 4.74 Å². The van der Waals surface area contributed by atoms with Crippen LogP contribution in [0.25, 0.3) is 17.2 Å². The lowest BCUT2D eigenvalue weighted by molar-refractivity contribution is 0.178. The standard InChI is InChI=1S/C12H11N5O/c1-18-8-11-15-12-14-7-5-10(17(12)16-11)9-4-2-3-6-13-9/h2-7H,8H2,1H3. The minimum Gasteiger partial charge on any atom is -0.377 e. The Morgan fingerprint density at radius 3 is 2.89 bits per heavy atom. The predicted molar refractivity (Wildman–Crippen MR) is 64.7 cm³/mol. The minimum absolute atomic E-state index is 0.366. The molecule has 0 aliphatic heterocycles. The number of hydrogen-bond acceptors (Lipinski definition) is 5. The Kier molecular flexibility index (Phi) is 2.70. The van der Waals surface area contributed by atoms with Gasteiger partial charge in [-0.05, 0) is 18.2 Å². The van der Waals surface area contributed by atoms with Crippen LogP contribution in [0, 0.1) is 0 Å². The molecule has 90 valence electrons. The van der Waals surface area contributed by atoms with E-state index < -0.39 is 0 Å². The van der Waals surface area contributed by atoms with Gasteiger partial charge in [-0.25, -0.2) is 4.98 Å². The Hall–Kier alpha value is -2.34. The van der Waals surface area contributed by atoms with Crippen molar-refractivity contribution < 1.29 is 4.74 Å². The van der Waals surface area contributed by atoms with Gasteiger partial charge in [0.2, 0.25) is 0 Å². The van der Waals surface area contributed by atoms with Crippen LogP contribution in [0.4, 0.5) is 0 Å². The number of methoxy groups -OCH3 is 1. The van der Waals surface area contributed by atoms with Gasteiger partial charge in [-0.15, -0.1) is 5.10 Å². The molecule has 3 heterocycles. The van der Waals surface area contributed by atoms with Crippen LogP contribution in [0.2, 0.25) is 0 Å². The molecule has 0 fully saturated rings. The van der Waals surface area contributed by atoms with Gasteiger partial charge in [-0.3, -0.25) is 4.98 Å². The third-order valence-corrected chi connectivity index (χ3v) is 2.49. The van der Waals surface area contributed by atoms with Crippen molar-refractivity contribution in [1.29, 1.82) is 0 Å². The predicted octanol–water partition coefficient (Wildman–Crippen LogP) is 1.33. The van der Waals surface area contributed by atoms with Crippen molar-refractivity contribution in [2.24, 2.45) is 0 Å². The number of fused-ring (bicyclic) bond motifs is 1. The molecule has 0 N–H and O–H groups in total. The van der Waals surface area contributed by atoms with Gasteiger partial charge in [-0.2, -0.15) is 9.50 Å². The molecule has 0 amide bonds. The zero-order chi connectivity index (χ0) is 12.4. The fourth-order valence-corrected chi connectivity index (χ4v) is 1.73. The molecular weight excluding hydrogens is 230 g/mol. The van der Waals surface area contributed by atoms with E-state index in [2.05, 4.69) is 20.1 Å². The molecule has 3 aromatic rings. The van der Waals surface area contributed by atoms with Gasteiger partial charge in [0.25, 0.3) is 5.78 Å². The van der Waals surface area contributed by atoms with E-state index in [1.807, 2.05) is 24.3 Å². The maximum Gasteiger partial charge on any atom is 0.253 e. The first-order valence-electron chi connectivity index (χ1n) is 5.49. The molecule has 3 rings (SSSR count). The Bertz CT molecular complexity index is 665. The van der Waals surface area contributed by atoms with Crippen molar-refractivity contribution in [2.75, 3.05) is 7.11 Å². The van der Waals surface area contributed by atoms with Crippen LogP contribution >= 0.6 is 0 Å². The van der Waals surface area contributed by atoms with Crippen LogP contribution in [0.1, 0.15) is 5.82 Å². The summed E-state index contributed by atoms with van der Waals surface area (Å²) in [6, 6.07) is 7.59. The summed E-state index contributed by atoms with van der Waals surface area (Å²) in [6.07, 6.45) is 3.44. The maximum atomic E-state index is 5.02. The average Bonchev–Trinajstić information content (AvgIpc) is 2.82. The summed E-state index contributed by atoms with van der Waals surface area (Å²) in [4.78, 5) is 12.8.